The van der Waals surface area contributed by atoms with Crippen molar-refractivity contribution >= 4 is 117 Å². The summed E-state index contributed by atoms with van der Waals surface area (Å²) in [4.78, 5) is 68.7. The van der Waals surface area contributed by atoms with E-state index in [4.69, 9.17) is 28.9 Å². The Morgan fingerprint density at radius 2 is 1.07 bits per heavy atom. The van der Waals surface area contributed by atoms with E-state index in [9.17, 15) is 33.0 Å². The van der Waals surface area contributed by atoms with Crippen LogP contribution in [0.15, 0.2) is 15.3 Å². The number of hydrogen-bond acceptors (Lipinski definition) is 13. The van der Waals surface area contributed by atoms with Gasteiger partial charge in [0.15, 0.2) is 11.0 Å². The van der Waals surface area contributed by atoms with Gasteiger partial charge in [-0.05, 0) is 89.5 Å². The number of aromatic nitrogens is 1. The van der Waals surface area contributed by atoms with Gasteiger partial charge < -0.3 is 11.1 Å². The number of nitrogens with zero attached hydrogens (tertiary/aromatic N) is 2. The van der Waals surface area contributed by atoms with Crippen LogP contribution in [-0.2, 0) is 41.5 Å². The number of rotatable bonds is 34. The molecule has 0 saturated heterocycles. The lowest BCUT2D eigenvalue weighted by atomic mass is 10.1. The number of unbranched alkanes of at least 4 members (excludes halogenated alkanes) is 11. The van der Waals surface area contributed by atoms with Gasteiger partial charge in [0.2, 0.25) is 16.4 Å². The van der Waals surface area contributed by atoms with Crippen molar-refractivity contribution in [2.75, 3.05) is 42.6 Å². The van der Waals surface area contributed by atoms with Gasteiger partial charge in [-0.2, -0.15) is 0 Å². The van der Waals surface area contributed by atoms with Crippen LogP contribution in [0, 0.1) is 13.8 Å². The zero-order chi connectivity index (χ0) is 51.3. The predicted molar refractivity (Wildman–Crippen MR) is 300 cm³/mol. The van der Waals surface area contributed by atoms with Crippen LogP contribution in [0.25, 0.3) is 0 Å². The molecule has 1 unspecified atom stereocenters. The maximum absolute atomic E-state index is 11.7. The molecule has 2 rings (SSSR count). The van der Waals surface area contributed by atoms with Crippen molar-refractivity contribution in [1.29, 1.82) is 0 Å². The summed E-state index contributed by atoms with van der Waals surface area (Å²) in [7, 11) is 5.26. The molecule has 0 bridgehead atoms. The topological polar surface area (TPSA) is 166 Å². The summed E-state index contributed by atoms with van der Waals surface area (Å²) < 4.78 is 15.0. The maximum atomic E-state index is 11.7. The smallest absolute Gasteiger partial charge is 0.263 e. The molecule has 1 aromatic rings. The summed E-state index contributed by atoms with van der Waals surface area (Å²) in [6.45, 7) is 21.4. The van der Waals surface area contributed by atoms with Crippen LogP contribution in [0.1, 0.15) is 194 Å². The van der Waals surface area contributed by atoms with Gasteiger partial charge in [0.05, 0.1) is 0 Å². The minimum Gasteiger partial charge on any atom is -0.356 e. The quantitative estimate of drug-likeness (QED) is 0.0382. The average molecular weight is 1100 g/mol. The molecule has 1 aliphatic rings. The first-order valence-corrected chi connectivity index (χ1v) is 32.0. The molecule has 19 heteroatoms. The second-order valence-corrected chi connectivity index (χ2v) is 24.9. The van der Waals surface area contributed by atoms with Gasteiger partial charge >= 0.3 is 0 Å². The number of ketones is 1. The van der Waals surface area contributed by atoms with Gasteiger partial charge in [0.25, 0.3) is 11.5 Å². The first-order chi connectivity index (χ1) is 32.0. The lowest BCUT2D eigenvalue weighted by molar-refractivity contribution is -0.122. The summed E-state index contributed by atoms with van der Waals surface area (Å²) in [6, 6.07) is 0. The third-order valence-electron chi connectivity index (χ3n) is 9.82. The van der Waals surface area contributed by atoms with E-state index in [2.05, 4.69) is 39.9 Å². The molecule has 0 spiro atoms. The van der Waals surface area contributed by atoms with E-state index >= 15 is 0 Å². The first-order valence-electron chi connectivity index (χ1n) is 24.4. The number of amides is 2. The summed E-state index contributed by atoms with van der Waals surface area (Å²) in [5, 5.41) is 2.30. The van der Waals surface area contributed by atoms with Crippen LogP contribution < -0.4 is 16.6 Å². The van der Waals surface area contributed by atoms with Gasteiger partial charge in [-0.3, -0.25) is 37.0 Å². The number of halogens is 2. The fourth-order valence-electron chi connectivity index (χ4n) is 5.39. The van der Waals surface area contributed by atoms with Crippen molar-refractivity contribution in [3.63, 3.8) is 0 Å². The molecule has 11 nitrogen and oxygen atoms in total. The van der Waals surface area contributed by atoms with E-state index in [-0.39, 0.29) is 27.9 Å². The number of nitrogens with two attached hydrogens (primary N) is 1. The molecule has 0 aromatic carbocycles. The van der Waals surface area contributed by atoms with Crippen molar-refractivity contribution in [2.24, 2.45) is 5.73 Å². The molecule has 0 fully saturated rings. The molecule has 1 aliphatic heterocycles. The Bertz CT molecular complexity index is 1510. The molecule has 2 heterocycles. The van der Waals surface area contributed by atoms with E-state index in [1.807, 2.05) is 17.8 Å². The number of aryl methyl sites for hydroxylation is 2. The molecule has 0 saturated carbocycles. The van der Waals surface area contributed by atoms with Crippen LogP contribution >= 0.6 is 77.9 Å². The van der Waals surface area contributed by atoms with Gasteiger partial charge in [0.1, 0.15) is 5.78 Å². The maximum Gasteiger partial charge on any atom is 0.263 e. The minimum atomic E-state index is -1.21. The summed E-state index contributed by atoms with van der Waals surface area (Å²) >= 11 is 11.8. The Kier molecular flexibility index (Phi) is 52.8. The second kappa shape index (κ2) is 50.2. The average Bonchev–Trinajstić information content (AvgIpc) is 3.65. The highest BCUT2D eigenvalue weighted by atomic mass is 35.5. The molecular weight excluding hydrogens is 1010 g/mol. The zero-order valence-electron chi connectivity index (χ0n) is 42.5. The Balaban J connectivity index is -0.000000802. The van der Waals surface area contributed by atoms with E-state index in [1.54, 1.807) is 47.0 Å². The highest BCUT2D eigenvalue weighted by Crippen LogP contribution is 2.25. The van der Waals surface area contributed by atoms with Gasteiger partial charge in [-0.25, -0.2) is 4.21 Å². The van der Waals surface area contributed by atoms with Gasteiger partial charge in [0, 0.05) is 95.7 Å². The van der Waals surface area contributed by atoms with Gasteiger partial charge in [-0.15, -0.1) is 0 Å². The largest absolute Gasteiger partial charge is 0.356 e. The molecule has 67 heavy (non-hydrogen) atoms. The lowest BCUT2D eigenvalue weighted by Crippen LogP contribution is -2.28. The Morgan fingerprint density at radius 3 is 1.51 bits per heavy atom. The molecule has 1 aromatic heterocycles. The Morgan fingerprint density at radius 1 is 0.612 bits per heavy atom. The minimum absolute atomic E-state index is 0.0584. The van der Waals surface area contributed by atoms with Crippen molar-refractivity contribution in [3.8, 4) is 0 Å². The fourth-order valence-corrected chi connectivity index (χ4v) is 12.1. The number of hydrogen-bond donors (Lipinski definition) is 2. The van der Waals surface area contributed by atoms with Crippen LogP contribution in [0.5, 0.6) is 0 Å². The molecule has 392 valence electrons. The number of Topliss-reactive ketones (excluding diaryl/α,β-unsaturated/α-hetero) is 1. The standard InChI is InChI=1S/C17H33NO2S2.C10H17NO2S.C10H17NOS.C6H8Cl2O2S2.C5H13N/c1-3-5-7-8-10-16(19)11-14-21-22-15-12-17(20)18-13-9-6-4-2;1-4-5-6-7-11-10(12)8(2)9(3)14(11)13;1-4-5-6-7-11-10(12)8(2)9(3)13-11;7-5(9)1-3-11-12-4-2-6(8)10;1-2-3-4-5-6/h3-15H2,1-2H3,(H,18,20);4-7H2,1-3H3;4-7H2,1-3H3;1-4H2;2-6H2,1H3. The molecule has 2 amide bonds. The summed E-state index contributed by atoms with van der Waals surface area (Å²) in [5.74, 6) is 3.54. The van der Waals surface area contributed by atoms with Crippen molar-refractivity contribution < 1.29 is 28.2 Å². The number of nitrogens with one attached hydrogen (secondary N) is 1. The lowest BCUT2D eigenvalue weighted by Gasteiger charge is -2.14. The number of allylic oxidation sites excluding steroid dienone is 1. The highest BCUT2D eigenvalue weighted by molar-refractivity contribution is 8.77. The fraction of sp³-hybridized carbons (Fsp3) is 0.792. The van der Waals surface area contributed by atoms with E-state index in [0.717, 1.165) is 86.5 Å². The van der Waals surface area contributed by atoms with Crippen LogP contribution in [0.3, 0.4) is 0 Å². The van der Waals surface area contributed by atoms with Crippen molar-refractivity contribution in [3.05, 3.63) is 31.3 Å². The third kappa shape index (κ3) is 42.6. The zero-order valence-corrected chi connectivity index (χ0v) is 49.0. The predicted octanol–water partition coefficient (Wildman–Crippen LogP) is 13.5. The molecule has 0 radical (unpaired) electrons. The van der Waals surface area contributed by atoms with Crippen molar-refractivity contribution in [2.45, 2.75) is 204 Å². The SMILES string of the molecule is CCCCCCC(=O)CCSSCCC(=O)NCCCCC.CCCCCN.CCCCCN1C(=O)C(C)=C(C)S1=O.CCCCCn1sc(C)c(C)c1=O.O=C(Cl)CCSSCCC(=O)Cl. The van der Waals surface area contributed by atoms with E-state index in [1.165, 1.54) is 90.1 Å². The summed E-state index contributed by atoms with van der Waals surface area (Å²) in [6.07, 6.45) is 21.3. The molecule has 1 atom stereocenters. The highest BCUT2D eigenvalue weighted by Gasteiger charge is 2.31. The van der Waals surface area contributed by atoms with Crippen LogP contribution in [0.4, 0.5) is 0 Å². The summed E-state index contributed by atoms with van der Waals surface area (Å²) in [5.41, 5.74) is 6.99. The molecular formula is C48H88Cl2N4O7S6. The normalized spacial score (nSPS) is 12.8. The van der Waals surface area contributed by atoms with E-state index in [0.29, 0.717) is 60.0 Å². The Hall–Kier alpha value is -0.790. The third-order valence-corrected chi connectivity index (χ3v) is 17.7. The monoisotopic (exact) mass is 1090 g/mol. The second-order valence-electron chi connectivity index (χ2n) is 15.8. The molecule has 3 N–H and O–H groups in total. The van der Waals surface area contributed by atoms with Crippen LogP contribution in [0.2, 0.25) is 0 Å². The van der Waals surface area contributed by atoms with Crippen molar-refractivity contribution in [1.82, 2.24) is 13.6 Å². The molecule has 0 aliphatic carbocycles. The Labute approximate surface area is 438 Å². The number of carbonyl (C=O) groups is 5. The number of carbonyl (C=O) groups excluding carboxylic acids is 5. The van der Waals surface area contributed by atoms with Gasteiger partial charge in [-0.1, -0.05) is 160 Å². The van der Waals surface area contributed by atoms with E-state index < -0.39 is 11.0 Å². The first kappa shape index (κ1) is 70.5. The van der Waals surface area contributed by atoms with Crippen LogP contribution in [-0.4, -0.2) is 83.2 Å².